The van der Waals surface area contributed by atoms with E-state index in [4.69, 9.17) is 0 Å². The molecule has 0 saturated heterocycles. The lowest BCUT2D eigenvalue weighted by atomic mass is 10.3. The molecule has 1 saturated carbocycles. The Balaban J connectivity index is 1.98. The van der Waals surface area contributed by atoms with E-state index in [2.05, 4.69) is 5.32 Å². The van der Waals surface area contributed by atoms with Crippen LogP contribution in [0.1, 0.15) is 19.8 Å². The molecule has 2 aromatic carbocycles. The molecule has 0 bridgehead atoms. The van der Waals surface area contributed by atoms with Crippen LogP contribution in [0, 0.1) is 5.92 Å². The lowest BCUT2D eigenvalue weighted by Gasteiger charge is -2.24. The monoisotopic (exact) mass is 344 g/mol. The van der Waals surface area contributed by atoms with Gasteiger partial charge in [-0.05, 0) is 44.0 Å². The average Bonchev–Trinajstić information content (AvgIpc) is 3.41. The van der Waals surface area contributed by atoms with Gasteiger partial charge >= 0.3 is 0 Å². The van der Waals surface area contributed by atoms with Crippen molar-refractivity contribution in [1.82, 2.24) is 0 Å². The zero-order chi connectivity index (χ0) is 17.2. The molecule has 6 heteroatoms. The third-order valence-electron chi connectivity index (χ3n) is 3.99. The summed E-state index contributed by atoms with van der Waals surface area (Å²) in [6.45, 7) is 2.09. The molecular formula is C18H20N2O3S. The highest BCUT2D eigenvalue weighted by Gasteiger charge is 2.32. The molecule has 2 aromatic rings. The van der Waals surface area contributed by atoms with Crippen LogP contribution in [0.25, 0.3) is 0 Å². The Hall–Kier alpha value is -2.34. The van der Waals surface area contributed by atoms with Crippen LogP contribution < -0.4 is 9.62 Å². The Morgan fingerprint density at radius 2 is 1.71 bits per heavy atom. The summed E-state index contributed by atoms with van der Waals surface area (Å²) in [4.78, 5) is 12.2. The van der Waals surface area contributed by atoms with E-state index in [-0.39, 0.29) is 16.7 Å². The number of anilines is 2. The predicted octanol–water partition coefficient (Wildman–Crippen LogP) is 3.25. The minimum absolute atomic E-state index is 0.0113. The highest BCUT2D eigenvalue weighted by atomic mass is 32.2. The van der Waals surface area contributed by atoms with E-state index in [1.54, 1.807) is 49.4 Å². The number of benzene rings is 2. The first kappa shape index (κ1) is 16.5. The Kier molecular flexibility index (Phi) is 4.57. The van der Waals surface area contributed by atoms with E-state index in [0.29, 0.717) is 17.9 Å². The van der Waals surface area contributed by atoms with Crippen molar-refractivity contribution in [2.75, 3.05) is 16.2 Å². The van der Waals surface area contributed by atoms with Gasteiger partial charge in [-0.1, -0.05) is 30.3 Å². The number of para-hydroxylation sites is 2. The molecule has 1 fully saturated rings. The molecule has 0 spiro atoms. The fourth-order valence-electron chi connectivity index (χ4n) is 2.58. The van der Waals surface area contributed by atoms with Crippen molar-refractivity contribution in [3.8, 4) is 0 Å². The van der Waals surface area contributed by atoms with Crippen LogP contribution >= 0.6 is 0 Å². The van der Waals surface area contributed by atoms with E-state index >= 15 is 0 Å². The van der Waals surface area contributed by atoms with Crippen LogP contribution in [0.5, 0.6) is 0 Å². The van der Waals surface area contributed by atoms with Crippen molar-refractivity contribution in [1.29, 1.82) is 0 Å². The minimum Gasteiger partial charge on any atom is -0.325 e. The molecule has 1 amide bonds. The summed E-state index contributed by atoms with van der Waals surface area (Å²) in [5, 5.41) is 2.76. The van der Waals surface area contributed by atoms with Gasteiger partial charge in [0.1, 0.15) is 4.90 Å². The number of sulfonamides is 1. The van der Waals surface area contributed by atoms with Crippen molar-refractivity contribution in [3.63, 3.8) is 0 Å². The maximum absolute atomic E-state index is 13.1. The normalized spacial score (nSPS) is 14.2. The summed E-state index contributed by atoms with van der Waals surface area (Å²) in [5.74, 6) is -0.0995. The lowest BCUT2D eigenvalue weighted by Crippen LogP contribution is -2.31. The molecule has 0 radical (unpaired) electrons. The summed E-state index contributed by atoms with van der Waals surface area (Å²) in [7, 11) is -3.77. The summed E-state index contributed by atoms with van der Waals surface area (Å²) in [6.07, 6.45) is 1.73. The van der Waals surface area contributed by atoms with E-state index < -0.39 is 10.0 Å². The van der Waals surface area contributed by atoms with Crippen LogP contribution in [0.2, 0.25) is 0 Å². The zero-order valence-corrected chi connectivity index (χ0v) is 14.3. The first-order valence-corrected chi connectivity index (χ1v) is 9.45. The molecule has 1 N–H and O–H groups in total. The summed E-state index contributed by atoms with van der Waals surface area (Å²) in [5.41, 5.74) is 0.937. The molecule has 0 aromatic heterocycles. The van der Waals surface area contributed by atoms with Gasteiger partial charge in [-0.3, -0.25) is 9.10 Å². The second-order valence-electron chi connectivity index (χ2n) is 5.77. The third kappa shape index (κ3) is 3.28. The van der Waals surface area contributed by atoms with Gasteiger partial charge < -0.3 is 5.32 Å². The average molecular weight is 344 g/mol. The van der Waals surface area contributed by atoms with Crippen LogP contribution in [0.3, 0.4) is 0 Å². The van der Waals surface area contributed by atoms with Crippen molar-refractivity contribution in [2.45, 2.75) is 24.7 Å². The van der Waals surface area contributed by atoms with Crippen molar-refractivity contribution >= 4 is 27.3 Å². The first-order valence-electron chi connectivity index (χ1n) is 8.01. The van der Waals surface area contributed by atoms with Gasteiger partial charge in [0, 0.05) is 12.5 Å². The number of nitrogens with one attached hydrogen (secondary N) is 1. The smallest absolute Gasteiger partial charge is 0.266 e. The van der Waals surface area contributed by atoms with Crippen LogP contribution in [0.4, 0.5) is 11.4 Å². The molecule has 0 unspecified atom stereocenters. The maximum Gasteiger partial charge on any atom is 0.266 e. The molecular weight excluding hydrogens is 324 g/mol. The summed E-state index contributed by atoms with van der Waals surface area (Å²) < 4.78 is 27.6. The Morgan fingerprint density at radius 3 is 2.33 bits per heavy atom. The molecule has 126 valence electrons. The Bertz CT molecular complexity index is 830. The van der Waals surface area contributed by atoms with E-state index in [9.17, 15) is 13.2 Å². The highest BCUT2D eigenvalue weighted by Crippen LogP contribution is 2.32. The fraction of sp³-hybridized carbons (Fsp3) is 0.278. The molecule has 1 aliphatic carbocycles. The number of hydrogen-bond acceptors (Lipinski definition) is 3. The third-order valence-corrected chi connectivity index (χ3v) is 5.95. The van der Waals surface area contributed by atoms with Gasteiger partial charge in [-0.2, -0.15) is 0 Å². The number of carbonyl (C=O) groups excluding carboxylic acids is 1. The SMILES string of the molecule is CCN(c1ccccc1)S(=O)(=O)c1ccccc1NC(=O)C1CC1. The lowest BCUT2D eigenvalue weighted by molar-refractivity contribution is -0.117. The predicted molar refractivity (Wildman–Crippen MR) is 94.4 cm³/mol. The zero-order valence-electron chi connectivity index (χ0n) is 13.5. The highest BCUT2D eigenvalue weighted by molar-refractivity contribution is 7.93. The number of hydrogen-bond donors (Lipinski definition) is 1. The topological polar surface area (TPSA) is 66.5 Å². The molecule has 5 nitrogen and oxygen atoms in total. The van der Waals surface area contributed by atoms with Crippen molar-refractivity contribution < 1.29 is 13.2 Å². The minimum atomic E-state index is -3.77. The molecule has 24 heavy (non-hydrogen) atoms. The van der Waals surface area contributed by atoms with Gasteiger partial charge in [0.05, 0.1) is 11.4 Å². The Labute approximate surface area is 142 Å². The first-order chi connectivity index (χ1) is 11.5. The van der Waals surface area contributed by atoms with Gasteiger partial charge in [-0.15, -0.1) is 0 Å². The van der Waals surface area contributed by atoms with Crippen LogP contribution in [-0.2, 0) is 14.8 Å². The molecule has 0 atom stereocenters. The second kappa shape index (κ2) is 6.65. The maximum atomic E-state index is 13.1. The van der Waals surface area contributed by atoms with E-state index in [0.717, 1.165) is 12.8 Å². The molecule has 3 rings (SSSR count). The van der Waals surface area contributed by atoms with Crippen LogP contribution in [0.15, 0.2) is 59.5 Å². The van der Waals surface area contributed by atoms with Gasteiger partial charge in [0.15, 0.2) is 0 Å². The van der Waals surface area contributed by atoms with E-state index in [1.165, 1.54) is 10.4 Å². The van der Waals surface area contributed by atoms with Gasteiger partial charge in [0.2, 0.25) is 5.91 Å². The van der Waals surface area contributed by atoms with Crippen molar-refractivity contribution in [2.24, 2.45) is 5.92 Å². The summed E-state index contributed by atoms with van der Waals surface area (Å²) >= 11 is 0. The van der Waals surface area contributed by atoms with Crippen molar-refractivity contribution in [3.05, 3.63) is 54.6 Å². The molecule has 0 heterocycles. The largest absolute Gasteiger partial charge is 0.325 e. The quantitative estimate of drug-likeness (QED) is 0.875. The number of nitrogens with zero attached hydrogens (tertiary/aromatic N) is 1. The Morgan fingerprint density at radius 1 is 1.08 bits per heavy atom. The van der Waals surface area contributed by atoms with E-state index in [1.807, 2.05) is 6.07 Å². The summed E-state index contributed by atoms with van der Waals surface area (Å²) in [6, 6.07) is 15.5. The fourth-order valence-corrected chi connectivity index (χ4v) is 4.20. The standard InChI is InChI=1S/C18H20N2O3S/c1-2-20(15-8-4-3-5-9-15)24(22,23)17-11-7-6-10-16(17)19-18(21)14-12-13-14/h3-11,14H,2,12-13H2,1H3,(H,19,21). The second-order valence-corrected chi connectivity index (χ2v) is 7.60. The number of carbonyl (C=O) groups is 1. The van der Waals surface area contributed by atoms with Gasteiger partial charge in [0.25, 0.3) is 10.0 Å². The van der Waals surface area contributed by atoms with Gasteiger partial charge in [-0.25, -0.2) is 8.42 Å². The number of amides is 1. The molecule has 1 aliphatic rings. The molecule has 0 aliphatic heterocycles. The van der Waals surface area contributed by atoms with Crippen LogP contribution in [-0.4, -0.2) is 20.9 Å². The number of rotatable bonds is 6.